The summed E-state index contributed by atoms with van der Waals surface area (Å²) in [5.41, 5.74) is 4.42. The first-order chi connectivity index (χ1) is 7.90. The third-order valence-electron chi connectivity index (χ3n) is 3.43. The summed E-state index contributed by atoms with van der Waals surface area (Å²) in [5.74, 6) is 0. The molecule has 1 aliphatic rings. The smallest absolute Gasteiger partial charge is 0.0372 e. The number of fused-ring (bicyclic) bond motifs is 1. The van der Waals surface area contributed by atoms with Gasteiger partial charge in [-0.2, -0.15) is 0 Å². The third-order valence-corrected chi connectivity index (χ3v) is 3.43. The lowest BCUT2D eigenvalue weighted by Crippen LogP contribution is -2.11. The van der Waals surface area contributed by atoms with Crippen molar-refractivity contribution in [2.24, 2.45) is 0 Å². The molecule has 1 aromatic carbocycles. The Morgan fingerprint density at radius 1 is 1.19 bits per heavy atom. The highest BCUT2D eigenvalue weighted by molar-refractivity contribution is 5.54. The van der Waals surface area contributed by atoms with Gasteiger partial charge in [0.15, 0.2) is 0 Å². The van der Waals surface area contributed by atoms with Gasteiger partial charge < -0.3 is 5.32 Å². The second-order valence-electron chi connectivity index (χ2n) is 4.83. The zero-order valence-corrected chi connectivity index (χ0v) is 10.4. The first-order valence-corrected chi connectivity index (χ1v) is 6.76. The van der Waals surface area contributed by atoms with Gasteiger partial charge in [-0.25, -0.2) is 0 Å². The molecule has 1 aliphatic heterocycles. The molecule has 2 rings (SSSR count). The van der Waals surface area contributed by atoms with Crippen molar-refractivity contribution in [2.45, 2.75) is 51.9 Å². The van der Waals surface area contributed by atoms with E-state index in [1.165, 1.54) is 61.8 Å². The third kappa shape index (κ3) is 3.01. The van der Waals surface area contributed by atoms with E-state index in [1.807, 2.05) is 0 Å². The Morgan fingerprint density at radius 3 is 3.00 bits per heavy atom. The summed E-state index contributed by atoms with van der Waals surface area (Å²) in [5, 5.41) is 3.47. The van der Waals surface area contributed by atoms with E-state index in [0.29, 0.717) is 0 Å². The normalized spacial score (nSPS) is 14.3. The predicted molar refractivity (Wildman–Crippen MR) is 71.1 cm³/mol. The maximum absolute atomic E-state index is 3.47. The Morgan fingerprint density at radius 2 is 2.12 bits per heavy atom. The number of nitrogens with one attached hydrogen (secondary N) is 1. The van der Waals surface area contributed by atoms with Crippen LogP contribution in [0.25, 0.3) is 0 Å². The lowest BCUT2D eigenvalue weighted by atomic mass is 9.98. The molecule has 1 nitrogen and oxygen atoms in total. The monoisotopic (exact) mass is 217 g/mol. The summed E-state index contributed by atoms with van der Waals surface area (Å²) in [6, 6.07) is 6.97. The predicted octanol–water partition coefficient (Wildman–Crippen LogP) is 4.17. The first kappa shape index (κ1) is 11.5. The van der Waals surface area contributed by atoms with Gasteiger partial charge in [-0.15, -0.1) is 0 Å². The Bertz CT molecular complexity index is 330. The molecule has 1 heterocycles. The minimum atomic E-state index is 1.14. The van der Waals surface area contributed by atoms with E-state index in [9.17, 15) is 0 Å². The lowest BCUT2D eigenvalue weighted by Gasteiger charge is -2.18. The second kappa shape index (κ2) is 5.93. The molecule has 0 bridgehead atoms. The molecule has 0 atom stereocenters. The first-order valence-electron chi connectivity index (χ1n) is 6.76. The molecule has 0 amide bonds. The topological polar surface area (TPSA) is 12.0 Å². The van der Waals surface area contributed by atoms with Gasteiger partial charge in [-0.05, 0) is 42.9 Å². The molecule has 1 heteroatoms. The zero-order chi connectivity index (χ0) is 11.2. The molecule has 1 N–H and O–H groups in total. The van der Waals surface area contributed by atoms with E-state index in [0.717, 1.165) is 6.54 Å². The molecule has 0 unspecified atom stereocenters. The highest BCUT2D eigenvalue weighted by Crippen LogP contribution is 2.23. The Balaban J connectivity index is 1.90. The van der Waals surface area contributed by atoms with Crippen molar-refractivity contribution in [1.29, 1.82) is 0 Å². The number of unbranched alkanes of at least 4 members (excludes halogenated alkanes) is 3. The average molecular weight is 217 g/mol. The van der Waals surface area contributed by atoms with Gasteiger partial charge in [0.25, 0.3) is 0 Å². The fourth-order valence-electron chi connectivity index (χ4n) is 2.44. The van der Waals surface area contributed by atoms with E-state index >= 15 is 0 Å². The van der Waals surface area contributed by atoms with Crippen molar-refractivity contribution in [3.05, 3.63) is 29.3 Å². The number of benzene rings is 1. The molecule has 88 valence electrons. The fourth-order valence-corrected chi connectivity index (χ4v) is 2.44. The number of hydrogen-bond donors (Lipinski definition) is 1. The quantitative estimate of drug-likeness (QED) is 0.730. The van der Waals surface area contributed by atoms with Crippen LogP contribution in [0.15, 0.2) is 18.2 Å². The molecule has 0 saturated heterocycles. The summed E-state index contributed by atoms with van der Waals surface area (Å²) in [6.45, 7) is 3.41. The molecule has 0 saturated carbocycles. The van der Waals surface area contributed by atoms with E-state index in [1.54, 1.807) is 0 Å². The molecule has 0 fully saturated rings. The van der Waals surface area contributed by atoms with Gasteiger partial charge in [0.1, 0.15) is 0 Å². The molecular weight excluding hydrogens is 194 g/mol. The molecule has 16 heavy (non-hydrogen) atoms. The van der Waals surface area contributed by atoms with Crippen LogP contribution in [-0.4, -0.2) is 6.54 Å². The number of aryl methyl sites for hydroxylation is 2. The van der Waals surface area contributed by atoms with Crippen LogP contribution in [-0.2, 0) is 12.8 Å². The molecule has 0 aliphatic carbocycles. The maximum Gasteiger partial charge on any atom is 0.0372 e. The molecule has 0 radical (unpaired) electrons. The van der Waals surface area contributed by atoms with Gasteiger partial charge in [0, 0.05) is 12.2 Å². The Hall–Kier alpha value is -0.980. The largest absolute Gasteiger partial charge is 0.385 e. The second-order valence-corrected chi connectivity index (χ2v) is 4.83. The van der Waals surface area contributed by atoms with Gasteiger partial charge in [0.2, 0.25) is 0 Å². The lowest BCUT2D eigenvalue weighted by molar-refractivity contribution is 0.666. The van der Waals surface area contributed by atoms with Crippen molar-refractivity contribution in [3.63, 3.8) is 0 Å². The summed E-state index contributed by atoms with van der Waals surface area (Å²) in [6.07, 6.45) is 9.23. The minimum Gasteiger partial charge on any atom is -0.385 e. The van der Waals surface area contributed by atoms with Crippen LogP contribution < -0.4 is 5.32 Å². The molecule has 0 spiro atoms. The van der Waals surface area contributed by atoms with Crippen molar-refractivity contribution in [2.75, 3.05) is 11.9 Å². The van der Waals surface area contributed by atoms with Gasteiger partial charge in [-0.3, -0.25) is 0 Å². The van der Waals surface area contributed by atoms with Crippen molar-refractivity contribution in [1.82, 2.24) is 0 Å². The molecular formula is C15H23N. The van der Waals surface area contributed by atoms with Crippen molar-refractivity contribution >= 4 is 5.69 Å². The van der Waals surface area contributed by atoms with E-state index in [-0.39, 0.29) is 0 Å². The summed E-state index contributed by atoms with van der Waals surface area (Å²) < 4.78 is 0. The number of hydrogen-bond acceptors (Lipinski definition) is 1. The SMILES string of the molecule is CCCCCCc1ccc2c(c1)CCCN2. The van der Waals surface area contributed by atoms with Crippen LogP contribution in [0.1, 0.15) is 50.2 Å². The maximum atomic E-state index is 3.47. The molecule has 1 aromatic rings. The minimum absolute atomic E-state index is 1.14. The van der Waals surface area contributed by atoms with Crippen LogP contribution in [0.4, 0.5) is 5.69 Å². The van der Waals surface area contributed by atoms with Crippen LogP contribution in [0, 0.1) is 0 Å². The van der Waals surface area contributed by atoms with Gasteiger partial charge in [0.05, 0.1) is 0 Å². The summed E-state index contributed by atoms with van der Waals surface area (Å²) in [4.78, 5) is 0. The van der Waals surface area contributed by atoms with Gasteiger partial charge >= 0.3 is 0 Å². The van der Waals surface area contributed by atoms with Gasteiger partial charge in [-0.1, -0.05) is 38.3 Å². The van der Waals surface area contributed by atoms with E-state index in [4.69, 9.17) is 0 Å². The molecule has 0 aromatic heterocycles. The summed E-state index contributed by atoms with van der Waals surface area (Å²) >= 11 is 0. The van der Waals surface area contributed by atoms with Crippen LogP contribution in [0.2, 0.25) is 0 Å². The summed E-state index contributed by atoms with van der Waals surface area (Å²) in [7, 11) is 0. The average Bonchev–Trinajstić information content (AvgIpc) is 2.34. The number of rotatable bonds is 5. The Kier molecular flexibility index (Phi) is 4.26. The van der Waals surface area contributed by atoms with Crippen molar-refractivity contribution < 1.29 is 0 Å². The number of anilines is 1. The van der Waals surface area contributed by atoms with Crippen molar-refractivity contribution in [3.8, 4) is 0 Å². The Labute approximate surface area is 99.3 Å². The van der Waals surface area contributed by atoms with Crippen LogP contribution in [0.3, 0.4) is 0 Å². The highest BCUT2D eigenvalue weighted by Gasteiger charge is 2.08. The fraction of sp³-hybridized carbons (Fsp3) is 0.600. The van der Waals surface area contributed by atoms with E-state index in [2.05, 4.69) is 30.4 Å². The highest BCUT2D eigenvalue weighted by atomic mass is 14.9. The van der Waals surface area contributed by atoms with Crippen LogP contribution in [0.5, 0.6) is 0 Å². The zero-order valence-electron chi connectivity index (χ0n) is 10.4. The standard InChI is InChI=1S/C15H23N/c1-2-3-4-5-7-13-9-10-15-14(12-13)8-6-11-16-15/h9-10,12,16H,2-8,11H2,1H3. The van der Waals surface area contributed by atoms with Crippen LogP contribution >= 0.6 is 0 Å². The van der Waals surface area contributed by atoms with E-state index < -0.39 is 0 Å².